The predicted molar refractivity (Wildman–Crippen MR) is 191 cm³/mol. The number of morpholine rings is 2. The first-order valence-corrected chi connectivity index (χ1v) is 17.0. The average Bonchev–Trinajstić information content (AvgIpc) is 3.12. The fourth-order valence-corrected chi connectivity index (χ4v) is 5.38. The Morgan fingerprint density at radius 3 is 1.76 bits per heavy atom. The van der Waals surface area contributed by atoms with Gasteiger partial charge in [0.2, 0.25) is 11.8 Å². The third kappa shape index (κ3) is 13.6. The van der Waals surface area contributed by atoms with E-state index in [1.807, 2.05) is 19.1 Å². The molecule has 0 bridgehead atoms. The molecule has 2 fully saturated rings. The lowest BCUT2D eigenvalue weighted by Gasteiger charge is -2.26. The van der Waals surface area contributed by atoms with Crippen LogP contribution in [0.5, 0.6) is 11.5 Å². The van der Waals surface area contributed by atoms with E-state index in [4.69, 9.17) is 42.0 Å². The van der Waals surface area contributed by atoms with Gasteiger partial charge >= 0.3 is 0 Å². The van der Waals surface area contributed by atoms with E-state index in [-0.39, 0.29) is 39.0 Å². The Labute approximate surface area is 301 Å². The third-order valence-electron chi connectivity index (χ3n) is 7.82. The molecule has 0 saturated carbocycles. The monoisotopic (exact) mass is 735 g/mol. The van der Waals surface area contributed by atoms with Crippen molar-refractivity contribution in [2.24, 2.45) is 11.5 Å². The van der Waals surface area contributed by atoms with Crippen molar-refractivity contribution in [3.63, 3.8) is 0 Å². The highest BCUT2D eigenvalue weighted by Crippen LogP contribution is 2.37. The molecule has 0 aliphatic carbocycles. The highest BCUT2D eigenvalue weighted by molar-refractivity contribution is 6.34. The second-order valence-corrected chi connectivity index (χ2v) is 11.9. The molecule has 2 amide bonds. The Balaban J connectivity index is 0.000000281. The Hall–Kier alpha value is -4.55. The van der Waals surface area contributed by atoms with Crippen molar-refractivity contribution in [3.8, 4) is 11.5 Å². The van der Waals surface area contributed by atoms with E-state index < -0.39 is 27.3 Å². The Morgan fingerprint density at radius 1 is 0.824 bits per heavy atom. The maximum Gasteiger partial charge on any atom is 0.296 e. The van der Waals surface area contributed by atoms with Crippen LogP contribution in [0.3, 0.4) is 0 Å². The maximum absolute atomic E-state index is 11.6. The summed E-state index contributed by atoms with van der Waals surface area (Å²) in [4.78, 5) is 48.6. The van der Waals surface area contributed by atoms with Crippen molar-refractivity contribution in [2.75, 3.05) is 90.8 Å². The fourth-order valence-electron chi connectivity index (χ4n) is 5.14. The number of carbonyl (C=O) groups is 2. The summed E-state index contributed by atoms with van der Waals surface area (Å²) in [5, 5.41) is 25.4. The molecule has 0 aromatic heterocycles. The molecule has 2 aromatic carbocycles. The molecule has 4 rings (SSSR count). The number of hydrogen-bond acceptors (Lipinski definition) is 13. The fraction of sp³-hybridized carbons (Fsp3) is 0.515. The Morgan fingerprint density at radius 2 is 1.29 bits per heavy atom. The van der Waals surface area contributed by atoms with Gasteiger partial charge < -0.3 is 35.7 Å². The van der Waals surface area contributed by atoms with E-state index in [0.717, 1.165) is 91.0 Å². The van der Waals surface area contributed by atoms with E-state index in [1.54, 1.807) is 0 Å². The van der Waals surface area contributed by atoms with Crippen LogP contribution in [-0.2, 0) is 9.47 Å². The van der Waals surface area contributed by atoms with Gasteiger partial charge in [0.05, 0.1) is 49.5 Å². The minimum Gasteiger partial charge on any atom is -0.492 e. The molecule has 0 spiro atoms. The highest BCUT2D eigenvalue weighted by atomic mass is 35.5. The van der Waals surface area contributed by atoms with Gasteiger partial charge in [0.25, 0.3) is 11.4 Å². The van der Waals surface area contributed by atoms with Crippen LogP contribution < -0.4 is 26.3 Å². The molecule has 2 aliphatic heterocycles. The third-order valence-corrected chi connectivity index (χ3v) is 8.20. The summed E-state index contributed by atoms with van der Waals surface area (Å²) in [7, 11) is 0. The normalized spacial score (nSPS) is 15.1. The minimum atomic E-state index is -0.775. The number of halogens is 1. The molecule has 2 heterocycles. The van der Waals surface area contributed by atoms with Crippen LogP contribution in [0.15, 0.2) is 36.4 Å². The molecule has 2 aromatic rings. The van der Waals surface area contributed by atoms with E-state index in [2.05, 4.69) is 15.1 Å². The number of anilines is 1. The molecule has 18 heteroatoms. The summed E-state index contributed by atoms with van der Waals surface area (Å²) in [5.41, 5.74) is 10.2. The number of nitrogens with two attached hydrogens (primary N) is 2. The molecule has 5 N–H and O–H groups in total. The van der Waals surface area contributed by atoms with Gasteiger partial charge in [0, 0.05) is 69.1 Å². The summed E-state index contributed by atoms with van der Waals surface area (Å²) < 4.78 is 21.9. The van der Waals surface area contributed by atoms with Gasteiger partial charge in [-0.3, -0.25) is 39.6 Å². The van der Waals surface area contributed by atoms with Crippen LogP contribution in [0.4, 0.5) is 17.1 Å². The molecule has 2 saturated heterocycles. The van der Waals surface area contributed by atoms with Crippen molar-refractivity contribution in [2.45, 2.75) is 26.2 Å². The number of nitrogens with one attached hydrogen (secondary N) is 1. The molecule has 17 nitrogen and oxygen atoms in total. The van der Waals surface area contributed by atoms with Gasteiger partial charge in [-0.25, -0.2) is 0 Å². The number of hydrogen-bond donors (Lipinski definition) is 3. The summed E-state index contributed by atoms with van der Waals surface area (Å²) in [6.45, 7) is 11.2. The lowest BCUT2D eigenvalue weighted by molar-refractivity contribution is -0.384. The van der Waals surface area contributed by atoms with Crippen LogP contribution in [0.25, 0.3) is 0 Å². The SMILES string of the molecule is CC/C=C/CNc1c(OCCCN2CCOCC2)cc(C(N)=O)cc1[N+](=O)[O-].NC(=O)c1cc(OCCCN2CCOCC2)c(Cl)c([N+](=O)[O-])c1. The van der Waals surface area contributed by atoms with E-state index in [0.29, 0.717) is 19.8 Å². The van der Waals surface area contributed by atoms with Crippen LogP contribution in [0.2, 0.25) is 5.02 Å². The topological polar surface area (TPSA) is 228 Å². The summed E-state index contributed by atoms with van der Waals surface area (Å²) >= 11 is 5.96. The van der Waals surface area contributed by atoms with Crippen molar-refractivity contribution < 1.29 is 38.4 Å². The van der Waals surface area contributed by atoms with Gasteiger partial charge in [-0.2, -0.15) is 0 Å². The number of allylic oxidation sites excluding steroid dienone is 1. The molecule has 280 valence electrons. The first-order valence-electron chi connectivity index (χ1n) is 16.7. The molecule has 0 unspecified atom stereocenters. The standard InChI is InChI=1S/C19H28N4O5.C14H18ClN3O5/c1-2-3-4-6-21-18-16(23(25)26)13-15(19(20)24)14-17(18)28-10-5-7-22-8-11-27-12-9-22;15-13-11(18(20)21)8-10(14(16)19)9-12(13)23-5-1-2-17-3-6-22-7-4-17/h3-4,13-14,21H,2,5-12H2,1H3,(H2,20,24);8-9H,1-7H2,(H2,16,19)/b4-3+;. The van der Waals surface area contributed by atoms with Crippen LogP contribution in [0, 0.1) is 20.2 Å². The van der Waals surface area contributed by atoms with Gasteiger partial charge in [-0.1, -0.05) is 30.7 Å². The van der Waals surface area contributed by atoms with Crippen LogP contribution >= 0.6 is 11.6 Å². The molecular weight excluding hydrogens is 690 g/mol. The van der Waals surface area contributed by atoms with Crippen molar-refractivity contribution in [3.05, 3.63) is 72.8 Å². The van der Waals surface area contributed by atoms with Gasteiger partial charge in [-0.15, -0.1) is 0 Å². The number of amides is 2. The largest absolute Gasteiger partial charge is 0.492 e. The number of nitro benzene ring substituents is 2. The quantitative estimate of drug-likeness (QED) is 0.0861. The zero-order valence-corrected chi connectivity index (χ0v) is 29.4. The van der Waals surface area contributed by atoms with Crippen LogP contribution in [-0.4, -0.2) is 117 Å². The van der Waals surface area contributed by atoms with Crippen molar-refractivity contribution in [1.82, 2.24) is 9.80 Å². The second kappa shape index (κ2) is 21.6. The van der Waals surface area contributed by atoms with Gasteiger partial charge in [-0.05, 0) is 31.4 Å². The Bertz CT molecular complexity index is 1520. The first-order chi connectivity index (χ1) is 24.5. The van der Waals surface area contributed by atoms with Crippen molar-refractivity contribution in [1.29, 1.82) is 0 Å². The first kappa shape index (κ1) is 40.9. The molecular formula is C33H46ClN7O10. The number of nitro groups is 2. The van der Waals surface area contributed by atoms with E-state index in [1.165, 1.54) is 18.2 Å². The van der Waals surface area contributed by atoms with Gasteiger partial charge in [0.15, 0.2) is 10.7 Å². The highest BCUT2D eigenvalue weighted by Gasteiger charge is 2.23. The summed E-state index contributed by atoms with van der Waals surface area (Å²) in [5.74, 6) is -1.16. The molecule has 0 radical (unpaired) electrons. The second-order valence-electron chi connectivity index (χ2n) is 11.5. The molecule has 2 aliphatic rings. The van der Waals surface area contributed by atoms with Crippen LogP contribution in [0.1, 0.15) is 46.9 Å². The van der Waals surface area contributed by atoms with Crippen molar-refractivity contribution >= 4 is 40.5 Å². The number of nitrogens with zero attached hydrogens (tertiary/aromatic N) is 4. The predicted octanol–water partition coefficient (Wildman–Crippen LogP) is 3.62. The number of benzene rings is 2. The minimum absolute atomic E-state index is 0.00993. The average molecular weight is 736 g/mol. The lowest BCUT2D eigenvalue weighted by atomic mass is 10.1. The molecule has 0 atom stereocenters. The Kier molecular flexibility index (Phi) is 17.3. The summed E-state index contributed by atoms with van der Waals surface area (Å²) in [6, 6.07) is 5.00. The number of rotatable bonds is 18. The number of primary amides is 2. The zero-order valence-electron chi connectivity index (χ0n) is 28.7. The molecule has 51 heavy (non-hydrogen) atoms. The zero-order chi connectivity index (χ0) is 37.2. The van der Waals surface area contributed by atoms with Gasteiger partial charge in [0.1, 0.15) is 11.5 Å². The smallest absolute Gasteiger partial charge is 0.296 e. The summed E-state index contributed by atoms with van der Waals surface area (Å²) in [6.07, 6.45) is 6.19. The van der Waals surface area contributed by atoms with E-state index >= 15 is 0 Å². The lowest BCUT2D eigenvalue weighted by Crippen LogP contribution is -2.37. The van der Waals surface area contributed by atoms with E-state index in [9.17, 15) is 29.8 Å². The maximum atomic E-state index is 11.6. The number of ether oxygens (including phenoxy) is 4. The number of carbonyl (C=O) groups excluding carboxylic acids is 2.